The summed E-state index contributed by atoms with van der Waals surface area (Å²) in [5.74, 6) is -0.756. The van der Waals surface area contributed by atoms with Gasteiger partial charge in [-0.1, -0.05) is 29.8 Å². The fourth-order valence-corrected chi connectivity index (χ4v) is 5.32. The van der Waals surface area contributed by atoms with Gasteiger partial charge in [-0.25, -0.2) is 4.79 Å². The summed E-state index contributed by atoms with van der Waals surface area (Å²) in [6, 6.07) is 5.14. The molecule has 2 amide bonds. The molecule has 1 aliphatic rings. The number of carboxylic acid groups (broad SMARTS) is 1. The number of aromatic amines is 1. The Balaban J connectivity index is 0.00000432. The Bertz CT molecular complexity index is 962. The van der Waals surface area contributed by atoms with Gasteiger partial charge in [0.1, 0.15) is 0 Å². The highest BCUT2D eigenvalue weighted by Crippen LogP contribution is 2.35. The quantitative estimate of drug-likeness (QED) is 0.314. The molecule has 196 valence electrons. The Morgan fingerprint density at radius 1 is 1.31 bits per heavy atom. The van der Waals surface area contributed by atoms with Crippen LogP contribution in [-0.4, -0.2) is 71.9 Å². The molecule has 4 N–H and O–H groups in total. The molecule has 8 nitrogen and oxygen atoms in total. The van der Waals surface area contributed by atoms with E-state index in [1.165, 1.54) is 0 Å². The van der Waals surface area contributed by atoms with E-state index in [9.17, 15) is 14.7 Å². The number of amides is 2. The molecular formula is C25H38Cl2N4O4. The van der Waals surface area contributed by atoms with E-state index in [0.717, 1.165) is 55.2 Å². The monoisotopic (exact) mass is 528 g/mol. The van der Waals surface area contributed by atoms with Gasteiger partial charge in [-0.15, -0.1) is 12.4 Å². The lowest BCUT2D eigenvalue weighted by atomic mass is 9.85. The van der Waals surface area contributed by atoms with Gasteiger partial charge in [-0.3, -0.25) is 4.79 Å². The molecule has 2 aromatic rings. The third-order valence-electron chi connectivity index (χ3n) is 6.60. The van der Waals surface area contributed by atoms with Gasteiger partial charge in [-0.2, -0.15) is 0 Å². The van der Waals surface area contributed by atoms with Crippen molar-refractivity contribution in [2.24, 2.45) is 0 Å². The summed E-state index contributed by atoms with van der Waals surface area (Å²) in [5.41, 5.74) is 1.53. The van der Waals surface area contributed by atoms with Gasteiger partial charge in [-0.05, 0) is 58.1 Å². The van der Waals surface area contributed by atoms with Crippen molar-refractivity contribution in [3.05, 3.63) is 35.0 Å². The SMILES string of the molecule is COCCCCC(NC(=O)O)C(C(=O)N(C(C)C)[C@@H]1CCCNC1)c1cccc2c(Cl)c[nH]c12.Cl. The number of carbonyl (C=O) groups is 2. The molecule has 0 radical (unpaired) electrons. The number of nitrogens with one attached hydrogen (secondary N) is 3. The zero-order valence-corrected chi connectivity index (χ0v) is 22.3. The van der Waals surface area contributed by atoms with E-state index in [1.807, 2.05) is 36.9 Å². The van der Waals surface area contributed by atoms with Crippen molar-refractivity contribution in [1.82, 2.24) is 20.5 Å². The fraction of sp³-hybridized carbons (Fsp3) is 0.600. The molecule has 2 unspecified atom stereocenters. The number of piperidine rings is 1. The number of rotatable bonds is 11. The van der Waals surface area contributed by atoms with E-state index in [4.69, 9.17) is 16.3 Å². The van der Waals surface area contributed by atoms with Crippen molar-refractivity contribution in [3.63, 3.8) is 0 Å². The summed E-state index contributed by atoms with van der Waals surface area (Å²) < 4.78 is 5.17. The lowest BCUT2D eigenvalue weighted by molar-refractivity contribution is -0.138. The molecule has 1 aromatic heterocycles. The number of aromatic nitrogens is 1. The van der Waals surface area contributed by atoms with Crippen molar-refractivity contribution >= 4 is 46.9 Å². The van der Waals surface area contributed by atoms with Gasteiger partial charge >= 0.3 is 6.09 Å². The lowest BCUT2D eigenvalue weighted by Gasteiger charge is -2.41. The van der Waals surface area contributed by atoms with E-state index < -0.39 is 18.1 Å². The smallest absolute Gasteiger partial charge is 0.404 e. The third-order valence-corrected chi connectivity index (χ3v) is 6.91. The number of carbonyl (C=O) groups excluding carboxylic acids is 1. The van der Waals surface area contributed by atoms with Crippen LogP contribution in [-0.2, 0) is 9.53 Å². The molecule has 1 saturated heterocycles. The van der Waals surface area contributed by atoms with Gasteiger partial charge < -0.3 is 30.4 Å². The summed E-state index contributed by atoms with van der Waals surface area (Å²) in [4.78, 5) is 31.3. The Hall–Kier alpha value is -2.00. The number of ether oxygens (including phenoxy) is 1. The second-order valence-corrected chi connectivity index (χ2v) is 9.68. The largest absolute Gasteiger partial charge is 0.465 e. The molecule has 0 spiro atoms. The van der Waals surface area contributed by atoms with Crippen LogP contribution >= 0.6 is 24.0 Å². The van der Waals surface area contributed by atoms with E-state index in [0.29, 0.717) is 18.1 Å². The Morgan fingerprint density at radius 3 is 2.71 bits per heavy atom. The van der Waals surface area contributed by atoms with E-state index in [1.54, 1.807) is 13.3 Å². The van der Waals surface area contributed by atoms with Gasteiger partial charge in [0.2, 0.25) is 5.91 Å². The fourth-order valence-electron chi connectivity index (χ4n) is 5.10. The summed E-state index contributed by atoms with van der Waals surface area (Å²) in [5, 5.41) is 17.1. The Morgan fingerprint density at radius 2 is 2.09 bits per heavy atom. The van der Waals surface area contributed by atoms with Crippen LogP contribution in [0, 0.1) is 0 Å². The van der Waals surface area contributed by atoms with Crippen molar-refractivity contribution in [2.75, 3.05) is 26.8 Å². The van der Waals surface area contributed by atoms with Crippen LogP contribution in [0.3, 0.4) is 0 Å². The maximum Gasteiger partial charge on any atom is 0.404 e. The van der Waals surface area contributed by atoms with Crippen LogP contribution in [0.25, 0.3) is 10.9 Å². The first-order valence-electron chi connectivity index (χ1n) is 12.1. The van der Waals surface area contributed by atoms with Crippen molar-refractivity contribution in [3.8, 4) is 0 Å². The van der Waals surface area contributed by atoms with Crippen LogP contribution in [0.2, 0.25) is 5.02 Å². The minimum absolute atomic E-state index is 0. The predicted octanol–water partition coefficient (Wildman–Crippen LogP) is 4.77. The lowest BCUT2D eigenvalue weighted by Crippen LogP contribution is -2.55. The first kappa shape index (κ1) is 29.2. The van der Waals surface area contributed by atoms with E-state index in [2.05, 4.69) is 15.6 Å². The molecule has 35 heavy (non-hydrogen) atoms. The van der Waals surface area contributed by atoms with Gasteiger partial charge in [0.05, 0.1) is 16.5 Å². The predicted molar refractivity (Wildman–Crippen MR) is 142 cm³/mol. The zero-order valence-electron chi connectivity index (χ0n) is 20.7. The minimum Gasteiger partial charge on any atom is -0.465 e. The van der Waals surface area contributed by atoms with Gasteiger partial charge in [0.25, 0.3) is 0 Å². The van der Waals surface area contributed by atoms with Crippen molar-refractivity contribution < 1.29 is 19.4 Å². The number of methoxy groups -OCH3 is 1. The van der Waals surface area contributed by atoms with Gasteiger partial charge in [0, 0.05) is 50.0 Å². The van der Waals surface area contributed by atoms with Gasteiger partial charge in [0.15, 0.2) is 0 Å². The normalized spacial score (nSPS) is 17.6. The molecule has 0 aliphatic carbocycles. The summed E-state index contributed by atoms with van der Waals surface area (Å²) >= 11 is 6.39. The number of halogens is 2. The van der Waals surface area contributed by atoms with Crippen LogP contribution in [0.4, 0.5) is 4.79 Å². The second-order valence-electron chi connectivity index (χ2n) is 9.27. The number of fused-ring (bicyclic) bond motifs is 1. The second kappa shape index (κ2) is 13.9. The van der Waals surface area contributed by atoms with Crippen LogP contribution in [0.1, 0.15) is 57.4 Å². The molecule has 0 saturated carbocycles. The Labute approximate surface area is 218 Å². The zero-order chi connectivity index (χ0) is 24.7. The standard InChI is InChI=1S/C25H37ClN4O4.ClH/c1-16(2)30(17-8-7-12-27-14-17)24(31)22(21(29-25(32)33)11-4-5-13-34-3)19-10-6-9-18-20(26)15-28-23(18)19;/h6,9-10,15-17,21-22,27-29H,4-5,7-8,11-14H2,1-3H3,(H,32,33);1H/t17-,21?,22?;/m1./s1. The molecular weight excluding hydrogens is 491 g/mol. The molecule has 1 aliphatic heterocycles. The molecule has 1 aromatic carbocycles. The average Bonchev–Trinajstić information content (AvgIpc) is 3.18. The minimum atomic E-state index is -1.14. The van der Waals surface area contributed by atoms with Crippen molar-refractivity contribution in [2.45, 2.75) is 70.0 Å². The van der Waals surface area contributed by atoms with Crippen LogP contribution in [0.15, 0.2) is 24.4 Å². The topological polar surface area (TPSA) is 107 Å². The number of benzene rings is 1. The van der Waals surface area contributed by atoms with Crippen LogP contribution in [0.5, 0.6) is 0 Å². The van der Waals surface area contributed by atoms with Crippen molar-refractivity contribution in [1.29, 1.82) is 0 Å². The molecule has 0 bridgehead atoms. The number of para-hydroxylation sites is 1. The number of H-pyrrole nitrogens is 1. The first-order chi connectivity index (χ1) is 16.3. The van der Waals surface area contributed by atoms with Crippen LogP contribution < -0.4 is 10.6 Å². The van der Waals surface area contributed by atoms with E-state index >= 15 is 0 Å². The number of nitrogens with zero attached hydrogens (tertiary/aromatic N) is 1. The van der Waals surface area contributed by atoms with E-state index in [-0.39, 0.29) is 30.4 Å². The molecule has 10 heteroatoms. The third kappa shape index (κ3) is 7.26. The first-order valence-corrected chi connectivity index (χ1v) is 12.5. The highest BCUT2D eigenvalue weighted by molar-refractivity contribution is 6.35. The summed E-state index contributed by atoms with van der Waals surface area (Å²) in [6.07, 6.45) is 4.54. The average molecular weight is 530 g/mol. The maximum atomic E-state index is 14.3. The number of hydrogen-bond acceptors (Lipinski definition) is 4. The Kier molecular flexibility index (Phi) is 11.6. The molecule has 2 heterocycles. The summed E-state index contributed by atoms with van der Waals surface area (Å²) in [6.45, 7) is 6.32. The summed E-state index contributed by atoms with van der Waals surface area (Å²) in [7, 11) is 1.65. The molecule has 1 fully saturated rings. The molecule has 3 atom stereocenters. The highest BCUT2D eigenvalue weighted by atomic mass is 35.5. The maximum absolute atomic E-state index is 14.3. The number of unbranched alkanes of at least 4 members (excludes halogenated alkanes) is 1. The number of hydrogen-bond donors (Lipinski definition) is 4. The highest BCUT2D eigenvalue weighted by Gasteiger charge is 2.39. The molecule has 3 rings (SSSR count).